The molecule has 0 radical (unpaired) electrons. The molecule has 1 fully saturated rings. The van der Waals surface area contributed by atoms with E-state index in [9.17, 15) is 0 Å². The smallest absolute Gasteiger partial charge is 0.157 e. The molecule has 0 saturated carbocycles. The Labute approximate surface area is 174 Å². The third-order valence-electron chi connectivity index (χ3n) is 4.62. The van der Waals surface area contributed by atoms with Crippen molar-refractivity contribution in [1.82, 2.24) is 15.3 Å². The maximum Gasteiger partial charge on any atom is 0.157 e. The van der Waals surface area contributed by atoms with E-state index in [2.05, 4.69) is 26.3 Å². The summed E-state index contributed by atoms with van der Waals surface area (Å²) in [5.74, 6) is 1.44. The monoisotopic (exact) mass is 414 g/mol. The molecule has 0 amide bonds. The lowest BCUT2D eigenvalue weighted by atomic mass is 10.1. The molecule has 0 atom stereocenters. The van der Waals surface area contributed by atoms with E-state index in [4.69, 9.17) is 27.9 Å². The lowest BCUT2D eigenvalue weighted by molar-refractivity contribution is 0.306. The number of nitrogens with one attached hydrogen (secondary N) is 1. The van der Waals surface area contributed by atoms with Gasteiger partial charge in [0.1, 0.15) is 12.4 Å². The maximum absolute atomic E-state index is 6.48. The molecule has 5 nitrogen and oxygen atoms in total. The number of piperazine rings is 1. The molecule has 0 aliphatic carbocycles. The van der Waals surface area contributed by atoms with Gasteiger partial charge in [-0.05, 0) is 41.5 Å². The van der Waals surface area contributed by atoms with Crippen molar-refractivity contribution in [1.29, 1.82) is 0 Å². The Kier molecular flexibility index (Phi) is 5.95. The van der Waals surface area contributed by atoms with Crippen molar-refractivity contribution in [3.8, 4) is 16.9 Å². The topological polar surface area (TPSA) is 50.3 Å². The van der Waals surface area contributed by atoms with Gasteiger partial charge in [-0.3, -0.25) is 4.98 Å². The summed E-state index contributed by atoms with van der Waals surface area (Å²) >= 11 is 13.0. The second kappa shape index (κ2) is 8.78. The van der Waals surface area contributed by atoms with Gasteiger partial charge in [-0.2, -0.15) is 0 Å². The number of nitrogens with zero attached hydrogens (tertiary/aromatic N) is 3. The minimum Gasteiger partial charge on any atom is -0.486 e. The van der Waals surface area contributed by atoms with Crippen LogP contribution in [0.5, 0.6) is 5.75 Å². The predicted molar refractivity (Wildman–Crippen MR) is 113 cm³/mol. The van der Waals surface area contributed by atoms with Gasteiger partial charge in [0, 0.05) is 50.3 Å². The van der Waals surface area contributed by atoms with Crippen LogP contribution in [-0.2, 0) is 6.61 Å². The van der Waals surface area contributed by atoms with Crippen LogP contribution in [0.15, 0.2) is 55.0 Å². The second-order valence-corrected chi connectivity index (χ2v) is 7.37. The van der Waals surface area contributed by atoms with E-state index < -0.39 is 0 Å². The Morgan fingerprint density at radius 1 is 1.00 bits per heavy atom. The zero-order valence-corrected chi connectivity index (χ0v) is 16.7. The van der Waals surface area contributed by atoms with E-state index in [1.165, 1.54) is 0 Å². The summed E-state index contributed by atoms with van der Waals surface area (Å²) in [7, 11) is 0. The van der Waals surface area contributed by atoms with Crippen LogP contribution < -0.4 is 15.0 Å². The molecule has 4 rings (SSSR count). The molecule has 3 aromatic rings. The Bertz CT molecular complexity index is 923. The molecular weight excluding hydrogens is 395 g/mol. The third-order valence-corrected chi connectivity index (χ3v) is 5.19. The molecule has 1 aliphatic heterocycles. The van der Waals surface area contributed by atoms with Crippen LogP contribution in [0, 0.1) is 0 Å². The van der Waals surface area contributed by atoms with Gasteiger partial charge in [-0.15, -0.1) is 0 Å². The highest BCUT2D eigenvalue weighted by Crippen LogP contribution is 2.38. The van der Waals surface area contributed by atoms with Crippen LogP contribution in [0.2, 0.25) is 10.0 Å². The highest BCUT2D eigenvalue weighted by molar-refractivity contribution is 6.37. The lowest BCUT2D eigenvalue weighted by Crippen LogP contribution is -2.43. The quantitative estimate of drug-likeness (QED) is 0.668. The van der Waals surface area contributed by atoms with Gasteiger partial charge >= 0.3 is 0 Å². The molecule has 1 N–H and O–H groups in total. The lowest BCUT2D eigenvalue weighted by Gasteiger charge is -2.28. The van der Waals surface area contributed by atoms with Crippen molar-refractivity contribution >= 4 is 29.0 Å². The minimum absolute atomic E-state index is 0.356. The van der Waals surface area contributed by atoms with Gasteiger partial charge < -0.3 is 15.0 Å². The molecule has 0 bridgehead atoms. The predicted octanol–water partition coefficient (Wildman–Crippen LogP) is 4.44. The number of halogens is 2. The van der Waals surface area contributed by atoms with Gasteiger partial charge in [0.15, 0.2) is 5.75 Å². The molecular formula is C21H20Cl2N4O. The largest absolute Gasteiger partial charge is 0.486 e. The maximum atomic E-state index is 6.48. The second-order valence-electron chi connectivity index (χ2n) is 6.56. The highest BCUT2D eigenvalue weighted by atomic mass is 35.5. The summed E-state index contributed by atoms with van der Waals surface area (Å²) in [4.78, 5) is 10.9. The highest BCUT2D eigenvalue weighted by Gasteiger charge is 2.15. The first kappa shape index (κ1) is 19.0. The first-order chi connectivity index (χ1) is 13.7. The Balaban J connectivity index is 1.56. The number of benzene rings is 1. The first-order valence-corrected chi connectivity index (χ1v) is 9.89. The van der Waals surface area contributed by atoms with Crippen LogP contribution in [0.3, 0.4) is 0 Å². The number of pyridine rings is 2. The van der Waals surface area contributed by atoms with E-state index >= 15 is 0 Å². The molecule has 0 spiro atoms. The zero-order chi connectivity index (χ0) is 19.3. The SMILES string of the molecule is Clc1cc(-c2ccnc(N3CCNCC3)c2)cc(Cl)c1OCc1cccnc1. The molecule has 0 unspecified atom stereocenters. The fourth-order valence-electron chi connectivity index (χ4n) is 3.17. The number of rotatable bonds is 5. The molecule has 3 heterocycles. The normalized spacial score (nSPS) is 14.1. The summed E-state index contributed by atoms with van der Waals surface area (Å²) in [5, 5.41) is 4.31. The number of aromatic nitrogens is 2. The molecule has 1 saturated heterocycles. The standard InChI is InChI=1S/C21H20Cl2N4O/c22-18-10-17(11-19(23)21(18)28-14-15-2-1-4-25-13-15)16-3-5-26-20(12-16)27-8-6-24-7-9-27/h1-5,10-13,24H,6-9,14H2. The van der Waals surface area contributed by atoms with E-state index in [0.717, 1.165) is 48.7 Å². The number of anilines is 1. The minimum atomic E-state index is 0.356. The molecule has 1 aliphatic rings. The fourth-order valence-corrected chi connectivity index (χ4v) is 3.76. The van der Waals surface area contributed by atoms with Gasteiger partial charge in [0.05, 0.1) is 10.0 Å². The van der Waals surface area contributed by atoms with Crippen molar-refractivity contribution < 1.29 is 4.74 Å². The average Bonchev–Trinajstić information content (AvgIpc) is 2.74. The average molecular weight is 415 g/mol. The molecule has 7 heteroatoms. The van der Waals surface area contributed by atoms with Gasteiger partial charge in [0.25, 0.3) is 0 Å². The van der Waals surface area contributed by atoms with Crippen molar-refractivity contribution in [2.45, 2.75) is 6.61 Å². The number of hydrogen-bond acceptors (Lipinski definition) is 5. The number of hydrogen-bond donors (Lipinski definition) is 1. The van der Waals surface area contributed by atoms with Crippen molar-refractivity contribution in [3.05, 3.63) is 70.6 Å². The summed E-state index contributed by atoms with van der Waals surface area (Å²) < 4.78 is 5.83. The summed E-state index contributed by atoms with van der Waals surface area (Å²) in [6.45, 7) is 4.17. The van der Waals surface area contributed by atoms with Crippen molar-refractivity contribution in [3.63, 3.8) is 0 Å². The molecule has 2 aromatic heterocycles. The first-order valence-electron chi connectivity index (χ1n) is 9.13. The summed E-state index contributed by atoms with van der Waals surface area (Å²) in [5.41, 5.74) is 2.90. The molecule has 28 heavy (non-hydrogen) atoms. The zero-order valence-electron chi connectivity index (χ0n) is 15.2. The van der Waals surface area contributed by atoms with E-state index in [0.29, 0.717) is 22.4 Å². The molecule has 1 aromatic carbocycles. The van der Waals surface area contributed by atoms with Crippen LogP contribution in [-0.4, -0.2) is 36.1 Å². The summed E-state index contributed by atoms with van der Waals surface area (Å²) in [6.07, 6.45) is 5.30. The van der Waals surface area contributed by atoms with Crippen LogP contribution in [0.25, 0.3) is 11.1 Å². The fraction of sp³-hybridized carbons (Fsp3) is 0.238. The summed E-state index contributed by atoms with van der Waals surface area (Å²) in [6, 6.07) is 11.6. The third kappa shape index (κ3) is 4.38. The van der Waals surface area contributed by atoms with Gasteiger partial charge in [-0.25, -0.2) is 4.98 Å². The van der Waals surface area contributed by atoms with Crippen molar-refractivity contribution in [2.24, 2.45) is 0 Å². The Morgan fingerprint density at radius 3 is 2.50 bits per heavy atom. The van der Waals surface area contributed by atoms with Crippen LogP contribution in [0.4, 0.5) is 5.82 Å². The van der Waals surface area contributed by atoms with Crippen molar-refractivity contribution in [2.75, 3.05) is 31.1 Å². The van der Waals surface area contributed by atoms with Gasteiger partial charge in [0.2, 0.25) is 0 Å². The van der Waals surface area contributed by atoms with Crippen LogP contribution in [0.1, 0.15) is 5.56 Å². The van der Waals surface area contributed by atoms with Gasteiger partial charge in [-0.1, -0.05) is 29.3 Å². The van der Waals surface area contributed by atoms with E-state index in [1.807, 2.05) is 36.5 Å². The Hall–Kier alpha value is -2.34. The van der Waals surface area contributed by atoms with E-state index in [-0.39, 0.29) is 0 Å². The van der Waals surface area contributed by atoms with E-state index in [1.54, 1.807) is 12.4 Å². The molecule has 144 valence electrons. The van der Waals surface area contributed by atoms with Crippen LogP contribution >= 0.6 is 23.2 Å². The number of ether oxygens (including phenoxy) is 1. The Morgan fingerprint density at radius 2 is 1.79 bits per heavy atom.